The van der Waals surface area contributed by atoms with E-state index >= 15 is 0 Å². The molecule has 5 heteroatoms. The average molecular weight is 341 g/mol. The molecule has 1 amide bonds. The standard InChI is InChI=1S/C20H27N3O2/c1-15-9-16(2)11-19(10-15)25-14-20(24)23-7-5-22(6-8-23)18-4-3-17(12-18)13-21/h9-11,17-18H,3-8,12,14H2,1-2H3. The largest absolute Gasteiger partial charge is 0.484 e. The molecule has 2 aliphatic rings. The molecule has 134 valence electrons. The maximum Gasteiger partial charge on any atom is 0.260 e. The lowest BCUT2D eigenvalue weighted by molar-refractivity contribution is -0.135. The van der Waals surface area contributed by atoms with Crippen LogP contribution >= 0.6 is 0 Å². The first-order chi connectivity index (χ1) is 12.0. The van der Waals surface area contributed by atoms with Crippen molar-refractivity contribution in [3.63, 3.8) is 0 Å². The molecule has 1 heterocycles. The van der Waals surface area contributed by atoms with Crippen LogP contribution in [0.1, 0.15) is 30.4 Å². The molecule has 25 heavy (non-hydrogen) atoms. The van der Waals surface area contributed by atoms with Crippen molar-refractivity contribution < 1.29 is 9.53 Å². The second-order valence-electron chi connectivity index (χ2n) is 7.32. The number of carbonyl (C=O) groups is 1. The molecule has 0 bridgehead atoms. The highest BCUT2D eigenvalue weighted by atomic mass is 16.5. The molecule has 5 nitrogen and oxygen atoms in total. The van der Waals surface area contributed by atoms with Crippen molar-refractivity contribution in [2.24, 2.45) is 5.92 Å². The van der Waals surface area contributed by atoms with E-state index in [9.17, 15) is 4.79 Å². The fourth-order valence-corrected chi connectivity index (χ4v) is 4.00. The minimum Gasteiger partial charge on any atom is -0.484 e. The molecule has 2 unspecified atom stereocenters. The van der Waals surface area contributed by atoms with Crippen molar-refractivity contribution >= 4 is 5.91 Å². The summed E-state index contributed by atoms with van der Waals surface area (Å²) in [6.07, 6.45) is 3.12. The Kier molecular flexibility index (Phi) is 5.60. The first-order valence-electron chi connectivity index (χ1n) is 9.17. The molecule has 0 spiro atoms. The summed E-state index contributed by atoms with van der Waals surface area (Å²) >= 11 is 0. The number of nitrogens with zero attached hydrogens (tertiary/aromatic N) is 3. The Labute approximate surface area is 150 Å². The zero-order chi connectivity index (χ0) is 17.8. The highest BCUT2D eigenvalue weighted by molar-refractivity contribution is 5.77. The van der Waals surface area contributed by atoms with Gasteiger partial charge in [0.2, 0.25) is 0 Å². The van der Waals surface area contributed by atoms with E-state index in [0.717, 1.165) is 62.3 Å². The van der Waals surface area contributed by atoms with Crippen LogP contribution in [0.5, 0.6) is 5.75 Å². The molecule has 0 radical (unpaired) electrons. The number of carbonyl (C=O) groups excluding carboxylic acids is 1. The van der Waals surface area contributed by atoms with Crippen LogP contribution in [-0.2, 0) is 4.79 Å². The topological polar surface area (TPSA) is 56.6 Å². The van der Waals surface area contributed by atoms with Gasteiger partial charge in [-0.25, -0.2) is 0 Å². The average Bonchev–Trinajstić information content (AvgIpc) is 3.08. The molecule has 1 aliphatic carbocycles. The van der Waals surface area contributed by atoms with Crippen molar-refractivity contribution in [1.82, 2.24) is 9.80 Å². The Morgan fingerprint density at radius 3 is 2.44 bits per heavy atom. The van der Waals surface area contributed by atoms with Gasteiger partial charge in [-0.3, -0.25) is 9.69 Å². The van der Waals surface area contributed by atoms with E-state index in [1.807, 2.05) is 30.9 Å². The van der Waals surface area contributed by atoms with Gasteiger partial charge < -0.3 is 9.64 Å². The van der Waals surface area contributed by atoms with E-state index in [2.05, 4.69) is 17.0 Å². The molecule has 0 N–H and O–H groups in total. The van der Waals surface area contributed by atoms with Gasteiger partial charge >= 0.3 is 0 Å². The Morgan fingerprint density at radius 2 is 1.84 bits per heavy atom. The smallest absolute Gasteiger partial charge is 0.260 e. The third-order valence-corrected chi connectivity index (χ3v) is 5.33. The van der Waals surface area contributed by atoms with E-state index in [4.69, 9.17) is 10.00 Å². The van der Waals surface area contributed by atoms with Gasteiger partial charge in [-0.2, -0.15) is 5.26 Å². The second-order valence-corrected chi connectivity index (χ2v) is 7.32. The van der Waals surface area contributed by atoms with Crippen LogP contribution in [0.4, 0.5) is 0 Å². The van der Waals surface area contributed by atoms with E-state index < -0.39 is 0 Å². The summed E-state index contributed by atoms with van der Waals surface area (Å²) in [6, 6.07) is 8.93. The summed E-state index contributed by atoms with van der Waals surface area (Å²) in [6.45, 7) is 7.46. The summed E-state index contributed by atoms with van der Waals surface area (Å²) in [5, 5.41) is 9.05. The van der Waals surface area contributed by atoms with Crippen molar-refractivity contribution in [3.05, 3.63) is 29.3 Å². The molecule has 1 saturated carbocycles. The molecule has 0 aromatic heterocycles. The Bertz CT molecular complexity index is 639. The van der Waals surface area contributed by atoms with Gasteiger partial charge in [-0.05, 0) is 56.4 Å². The van der Waals surface area contributed by atoms with Gasteiger partial charge in [0.15, 0.2) is 6.61 Å². The number of piperazine rings is 1. The van der Waals surface area contributed by atoms with Crippen LogP contribution in [0.25, 0.3) is 0 Å². The van der Waals surface area contributed by atoms with Gasteiger partial charge in [-0.15, -0.1) is 0 Å². The highest BCUT2D eigenvalue weighted by Gasteiger charge is 2.32. The zero-order valence-electron chi connectivity index (χ0n) is 15.2. The van der Waals surface area contributed by atoms with Crippen LogP contribution in [0, 0.1) is 31.1 Å². The SMILES string of the molecule is Cc1cc(C)cc(OCC(=O)N2CCN(C3CCC(C#N)C3)CC2)c1. The molecule has 3 rings (SSSR count). The quantitative estimate of drug-likeness (QED) is 0.844. The van der Waals surface area contributed by atoms with Crippen molar-refractivity contribution in [2.45, 2.75) is 39.2 Å². The maximum atomic E-state index is 12.4. The first-order valence-corrected chi connectivity index (χ1v) is 9.17. The number of amides is 1. The van der Waals surface area contributed by atoms with E-state index in [1.54, 1.807) is 0 Å². The molecule has 1 aromatic carbocycles. The van der Waals surface area contributed by atoms with E-state index in [0.29, 0.717) is 6.04 Å². The van der Waals surface area contributed by atoms with Gasteiger partial charge in [0.05, 0.1) is 6.07 Å². The van der Waals surface area contributed by atoms with Crippen LogP contribution in [0.2, 0.25) is 0 Å². The van der Waals surface area contributed by atoms with Gasteiger partial charge in [0.1, 0.15) is 5.75 Å². The molecule has 2 fully saturated rings. The predicted octanol–water partition coefficient (Wildman–Crippen LogP) is 2.52. The molecular weight excluding hydrogens is 314 g/mol. The minimum absolute atomic E-state index is 0.0557. The summed E-state index contributed by atoms with van der Waals surface area (Å²) in [4.78, 5) is 16.8. The van der Waals surface area contributed by atoms with Crippen LogP contribution in [0.3, 0.4) is 0 Å². The number of aryl methyl sites for hydroxylation is 2. The van der Waals surface area contributed by atoms with Crippen LogP contribution in [-0.4, -0.2) is 54.5 Å². The lowest BCUT2D eigenvalue weighted by Gasteiger charge is -2.38. The van der Waals surface area contributed by atoms with Crippen molar-refractivity contribution in [1.29, 1.82) is 5.26 Å². The number of hydrogen-bond acceptors (Lipinski definition) is 4. The normalized spacial score (nSPS) is 24.1. The van der Waals surface area contributed by atoms with Crippen molar-refractivity contribution in [2.75, 3.05) is 32.8 Å². The number of benzene rings is 1. The number of rotatable bonds is 4. The summed E-state index contributed by atoms with van der Waals surface area (Å²) < 4.78 is 5.70. The summed E-state index contributed by atoms with van der Waals surface area (Å²) in [5.41, 5.74) is 2.28. The van der Waals surface area contributed by atoms with Crippen molar-refractivity contribution in [3.8, 4) is 11.8 Å². The predicted molar refractivity (Wildman–Crippen MR) is 96.3 cm³/mol. The summed E-state index contributed by atoms with van der Waals surface area (Å²) in [5.74, 6) is 1.04. The fraction of sp³-hybridized carbons (Fsp3) is 0.600. The van der Waals surface area contributed by atoms with Crippen LogP contribution in [0.15, 0.2) is 18.2 Å². The zero-order valence-corrected chi connectivity index (χ0v) is 15.2. The van der Waals surface area contributed by atoms with E-state index in [-0.39, 0.29) is 18.4 Å². The van der Waals surface area contributed by atoms with Gasteiger partial charge in [-0.1, -0.05) is 6.07 Å². The third-order valence-electron chi connectivity index (χ3n) is 5.33. The van der Waals surface area contributed by atoms with E-state index in [1.165, 1.54) is 0 Å². The number of ether oxygens (including phenoxy) is 1. The summed E-state index contributed by atoms with van der Waals surface area (Å²) in [7, 11) is 0. The monoisotopic (exact) mass is 341 g/mol. The fourth-order valence-electron chi connectivity index (χ4n) is 4.00. The molecular formula is C20H27N3O2. The van der Waals surface area contributed by atoms with Gasteiger partial charge in [0.25, 0.3) is 5.91 Å². The van der Waals surface area contributed by atoms with Gasteiger partial charge in [0, 0.05) is 38.1 Å². The molecule has 1 saturated heterocycles. The second kappa shape index (κ2) is 7.88. The Morgan fingerprint density at radius 1 is 1.16 bits per heavy atom. The molecule has 2 atom stereocenters. The first kappa shape index (κ1) is 17.8. The van der Waals surface area contributed by atoms with Crippen LogP contribution < -0.4 is 4.74 Å². The Hall–Kier alpha value is -2.06. The lowest BCUT2D eigenvalue weighted by Crippen LogP contribution is -2.52. The maximum absolute atomic E-state index is 12.4. The third kappa shape index (κ3) is 4.52. The number of hydrogen-bond donors (Lipinski definition) is 0. The molecule has 1 aliphatic heterocycles. The molecule has 1 aromatic rings. The Balaban J connectivity index is 1.45. The minimum atomic E-state index is 0.0557. The highest BCUT2D eigenvalue weighted by Crippen LogP contribution is 2.29. The lowest BCUT2D eigenvalue weighted by atomic mass is 10.1. The number of nitriles is 1.